The second-order valence-electron chi connectivity index (χ2n) is 5.28. The Morgan fingerprint density at radius 3 is 2.42 bits per heavy atom. The lowest BCUT2D eigenvalue weighted by Crippen LogP contribution is -2.37. The summed E-state index contributed by atoms with van der Waals surface area (Å²) in [5, 5.41) is 4.43. The monoisotopic (exact) mass is 257 g/mol. The van der Waals surface area contributed by atoms with E-state index in [1.54, 1.807) is 0 Å². The SMILES string of the molecule is CCC(CN)(Cc1cc(C)nn1C)c1ccccc1. The normalized spacial score (nSPS) is 14.3. The Kier molecular flexibility index (Phi) is 4.05. The molecule has 0 aliphatic rings. The predicted molar refractivity (Wildman–Crippen MR) is 79.1 cm³/mol. The molecule has 3 heteroatoms. The fraction of sp³-hybridized carbons (Fsp3) is 0.438. The van der Waals surface area contributed by atoms with E-state index in [4.69, 9.17) is 5.73 Å². The Balaban J connectivity index is 2.38. The highest BCUT2D eigenvalue weighted by Crippen LogP contribution is 2.31. The Bertz CT molecular complexity index is 524. The molecule has 2 aromatic rings. The molecule has 0 aliphatic carbocycles. The van der Waals surface area contributed by atoms with Crippen molar-refractivity contribution >= 4 is 0 Å². The Hall–Kier alpha value is -1.61. The molecule has 2 N–H and O–H groups in total. The van der Waals surface area contributed by atoms with Crippen LogP contribution < -0.4 is 5.73 Å². The van der Waals surface area contributed by atoms with Crippen molar-refractivity contribution in [3.8, 4) is 0 Å². The van der Waals surface area contributed by atoms with Gasteiger partial charge in [0, 0.05) is 31.1 Å². The van der Waals surface area contributed by atoms with Gasteiger partial charge < -0.3 is 5.73 Å². The maximum Gasteiger partial charge on any atom is 0.0596 e. The number of benzene rings is 1. The molecule has 1 unspecified atom stereocenters. The summed E-state index contributed by atoms with van der Waals surface area (Å²) >= 11 is 0. The van der Waals surface area contributed by atoms with Gasteiger partial charge in [-0.2, -0.15) is 5.10 Å². The third kappa shape index (κ3) is 2.71. The minimum absolute atomic E-state index is 0.00148. The molecule has 0 bridgehead atoms. The van der Waals surface area contributed by atoms with Gasteiger partial charge in [0.1, 0.15) is 0 Å². The molecule has 1 atom stereocenters. The third-order valence-corrected chi connectivity index (χ3v) is 4.07. The average Bonchev–Trinajstić information content (AvgIpc) is 2.75. The predicted octanol–water partition coefficient (Wildman–Crippen LogP) is 2.58. The van der Waals surface area contributed by atoms with Crippen LogP contribution in [0.3, 0.4) is 0 Å². The number of hydrogen-bond donors (Lipinski definition) is 1. The minimum atomic E-state index is 0.00148. The molecule has 2 rings (SSSR count). The van der Waals surface area contributed by atoms with Crippen LogP contribution in [0, 0.1) is 6.92 Å². The van der Waals surface area contributed by atoms with Crippen LogP contribution in [0.2, 0.25) is 0 Å². The molecule has 19 heavy (non-hydrogen) atoms. The number of aryl methyl sites for hydroxylation is 2. The standard InChI is InChI=1S/C16H23N3/c1-4-16(12-17,14-8-6-5-7-9-14)11-15-10-13(2)18-19(15)3/h5-10H,4,11-12,17H2,1-3H3. The molecule has 1 aromatic heterocycles. The highest BCUT2D eigenvalue weighted by Gasteiger charge is 2.30. The molecule has 0 spiro atoms. The Morgan fingerprint density at radius 2 is 1.95 bits per heavy atom. The number of nitrogens with zero attached hydrogens (tertiary/aromatic N) is 2. The summed E-state index contributed by atoms with van der Waals surface area (Å²) in [7, 11) is 2.00. The summed E-state index contributed by atoms with van der Waals surface area (Å²) < 4.78 is 1.97. The molecular weight excluding hydrogens is 234 g/mol. The van der Waals surface area contributed by atoms with Gasteiger partial charge in [0.05, 0.1) is 5.69 Å². The molecule has 1 aromatic carbocycles. The maximum atomic E-state index is 6.13. The first-order valence-corrected chi connectivity index (χ1v) is 6.86. The van der Waals surface area contributed by atoms with Crippen molar-refractivity contribution in [1.82, 2.24) is 9.78 Å². The van der Waals surface area contributed by atoms with Gasteiger partial charge in [-0.1, -0.05) is 37.3 Å². The van der Waals surface area contributed by atoms with E-state index in [0.29, 0.717) is 6.54 Å². The smallest absolute Gasteiger partial charge is 0.0596 e. The van der Waals surface area contributed by atoms with E-state index in [1.807, 2.05) is 18.7 Å². The fourth-order valence-electron chi connectivity index (χ4n) is 2.73. The average molecular weight is 257 g/mol. The first-order valence-electron chi connectivity index (χ1n) is 6.86. The van der Waals surface area contributed by atoms with Crippen molar-refractivity contribution < 1.29 is 0 Å². The summed E-state index contributed by atoms with van der Waals surface area (Å²) in [6.07, 6.45) is 1.96. The number of aromatic nitrogens is 2. The summed E-state index contributed by atoms with van der Waals surface area (Å²) in [4.78, 5) is 0. The Morgan fingerprint density at radius 1 is 1.26 bits per heavy atom. The van der Waals surface area contributed by atoms with Crippen LogP contribution in [-0.2, 0) is 18.9 Å². The minimum Gasteiger partial charge on any atom is -0.330 e. The molecule has 0 fully saturated rings. The topological polar surface area (TPSA) is 43.8 Å². The van der Waals surface area contributed by atoms with Crippen LogP contribution >= 0.6 is 0 Å². The molecule has 0 amide bonds. The zero-order valence-electron chi connectivity index (χ0n) is 12.1. The van der Waals surface area contributed by atoms with E-state index in [0.717, 1.165) is 18.5 Å². The van der Waals surface area contributed by atoms with Crippen molar-refractivity contribution in [1.29, 1.82) is 0 Å². The van der Waals surface area contributed by atoms with Crippen molar-refractivity contribution in [3.63, 3.8) is 0 Å². The zero-order valence-corrected chi connectivity index (χ0v) is 12.1. The molecular formula is C16H23N3. The van der Waals surface area contributed by atoms with Crippen LogP contribution in [-0.4, -0.2) is 16.3 Å². The highest BCUT2D eigenvalue weighted by molar-refractivity contribution is 5.28. The van der Waals surface area contributed by atoms with Gasteiger partial charge in [-0.05, 0) is 25.0 Å². The molecule has 1 heterocycles. The molecule has 0 aliphatic heterocycles. The van der Waals surface area contributed by atoms with Crippen molar-refractivity contribution in [2.24, 2.45) is 12.8 Å². The lowest BCUT2D eigenvalue weighted by atomic mass is 9.74. The fourth-order valence-corrected chi connectivity index (χ4v) is 2.73. The summed E-state index contributed by atoms with van der Waals surface area (Å²) in [6, 6.07) is 12.7. The van der Waals surface area contributed by atoms with Gasteiger partial charge in [0.15, 0.2) is 0 Å². The largest absolute Gasteiger partial charge is 0.330 e. The van der Waals surface area contributed by atoms with E-state index in [-0.39, 0.29) is 5.41 Å². The molecule has 0 saturated carbocycles. The third-order valence-electron chi connectivity index (χ3n) is 4.07. The zero-order chi connectivity index (χ0) is 13.9. The second-order valence-corrected chi connectivity index (χ2v) is 5.28. The summed E-state index contributed by atoms with van der Waals surface area (Å²) in [5.74, 6) is 0. The molecule has 102 valence electrons. The van der Waals surface area contributed by atoms with Gasteiger partial charge in [-0.3, -0.25) is 4.68 Å². The van der Waals surface area contributed by atoms with E-state index >= 15 is 0 Å². The van der Waals surface area contributed by atoms with E-state index in [1.165, 1.54) is 11.3 Å². The Labute approximate surface area is 115 Å². The first-order chi connectivity index (χ1) is 9.11. The van der Waals surface area contributed by atoms with Crippen LogP contribution in [0.1, 0.15) is 30.3 Å². The molecule has 0 radical (unpaired) electrons. The molecule has 3 nitrogen and oxygen atoms in total. The molecule has 0 saturated heterocycles. The highest BCUT2D eigenvalue weighted by atomic mass is 15.3. The van der Waals surface area contributed by atoms with Crippen molar-refractivity contribution in [2.45, 2.75) is 32.1 Å². The van der Waals surface area contributed by atoms with E-state index in [9.17, 15) is 0 Å². The first kappa shape index (κ1) is 13.8. The summed E-state index contributed by atoms with van der Waals surface area (Å²) in [5.41, 5.74) is 9.75. The van der Waals surface area contributed by atoms with Crippen LogP contribution in [0.15, 0.2) is 36.4 Å². The van der Waals surface area contributed by atoms with Crippen LogP contribution in [0.5, 0.6) is 0 Å². The van der Waals surface area contributed by atoms with Gasteiger partial charge in [0.2, 0.25) is 0 Å². The number of rotatable bonds is 5. The van der Waals surface area contributed by atoms with Crippen LogP contribution in [0.4, 0.5) is 0 Å². The van der Waals surface area contributed by atoms with E-state index < -0.39 is 0 Å². The van der Waals surface area contributed by atoms with Crippen molar-refractivity contribution in [2.75, 3.05) is 6.54 Å². The number of nitrogens with two attached hydrogens (primary N) is 1. The lowest BCUT2D eigenvalue weighted by Gasteiger charge is -2.32. The van der Waals surface area contributed by atoms with Gasteiger partial charge in [0.25, 0.3) is 0 Å². The second kappa shape index (κ2) is 5.57. The van der Waals surface area contributed by atoms with Crippen molar-refractivity contribution in [3.05, 3.63) is 53.3 Å². The van der Waals surface area contributed by atoms with Gasteiger partial charge >= 0.3 is 0 Å². The van der Waals surface area contributed by atoms with Gasteiger partial charge in [-0.15, -0.1) is 0 Å². The quantitative estimate of drug-likeness (QED) is 0.894. The maximum absolute atomic E-state index is 6.13. The number of hydrogen-bond acceptors (Lipinski definition) is 2. The lowest BCUT2D eigenvalue weighted by molar-refractivity contribution is 0.406. The summed E-state index contributed by atoms with van der Waals surface area (Å²) in [6.45, 7) is 4.89. The van der Waals surface area contributed by atoms with Crippen LogP contribution in [0.25, 0.3) is 0 Å². The van der Waals surface area contributed by atoms with Gasteiger partial charge in [-0.25, -0.2) is 0 Å². The van der Waals surface area contributed by atoms with E-state index in [2.05, 4.69) is 48.4 Å².